The van der Waals surface area contributed by atoms with Crippen molar-refractivity contribution in [2.75, 3.05) is 5.32 Å². The van der Waals surface area contributed by atoms with Gasteiger partial charge in [0.15, 0.2) is 6.29 Å². The summed E-state index contributed by atoms with van der Waals surface area (Å²) in [5.74, 6) is -0.480. The van der Waals surface area contributed by atoms with Crippen molar-refractivity contribution >= 4 is 11.6 Å². The number of amides is 1. The summed E-state index contributed by atoms with van der Waals surface area (Å²) in [4.78, 5) is 17.4. The number of benzene rings is 2. The number of aryl methyl sites for hydroxylation is 1. The van der Waals surface area contributed by atoms with E-state index < -0.39 is 17.3 Å². The Bertz CT molecular complexity index is 1250. The fourth-order valence-electron chi connectivity index (χ4n) is 6.09. The summed E-state index contributed by atoms with van der Waals surface area (Å²) in [6.07, 6.45) is 3.91. The summed E-state index contributed by atoms with van der Waals surface area (Å²) in [6.45, 7) is 4.06. The summed E-state index contributed by atoms with van der Waals surface area (Å²) in [6, 6.07) is 19.7. The number of ether oxygens (including phenoxy) is 1. The van der Waals surface area contributed by atoms with Crippen LogP contribution in [0, 0.1) is 12.8 Å². The lowest BCUT2D eigenvalue weighted by atomic mass is 9.55. The molecule has 1 unspecified atom stereocenters. The number of aliphatic hydroxyl groups excluding tert-OH is 1. The molecular formula is C30H34N2O4. The maximum atomic E-state index is 13.1. The molecule has 3 aromatic rings. The Hall–Kier alpha value is -3.06. The van der Waals surface area contributed by atoms with Crippen molar-refractivity contribution < 1.29 is 19.7 Å². The van der Waals surface area contributed by atoms with E-state index in [4.69, 9.17) is 4.74 Å². The van der Waals surface area contributed by atoms with Crippen LogP contribution in [0.5, 0.6) is 0 Å². The highest BCUT2D eigenvalue weighted by Crippen LogP contribution is 2.53. The van der Waals surface area contributed by atoms with Gasteiger partial charge in [-0.3, -0.25) is 9.78 Å². The van der Waals surface area contributed by atoms with Crippen LogP contribution < -0.4 is 5.32 Å². The molecule has 1 amide bonds. The average molecular weight is 487 g/mol. The standard InChI is InChI=1S/C30H34N2O4/c1-3-29(35)13-14-30(17-21-8-5-4-6-9-21)24-12-11-22(16-23(24)19-36-28(34)25(30)18-29)27(33)32-26-10-7-15-31-20(26)2/h4-12,15-16,25,28,34-35H,3,13-14,17-19H2,1-2H3,(H,32,33)/t25-,28?,29-,30-/m1/s1. The molecule has 6 heteroatoms. The lowest BCUT2D eigenvalue weighted by molar-refractivity contribution is -0.183. The number of anilines is 1. The number of hydrogen-bond donors (Lipinski definition) is 3. The molecule has 188 valence electrons. The van der Waals surface area contributed by atoms with Gasteiger partial charge in [0, 0.05) is 23.1 Å². The van der Waals surface area contributed by atoms with Crippen LogP contribution in [0.4, 0.5) is 5.69 Å². The number of carbonyl (C=O) groups is 1. The van der Waals surface area contributed by atoms with Crippen molar-refractivity contribution in [2.45, 2.75) is 69.9 Å². The van der Waals surface area contributed by atoms with E-state index in [9.17, 15) is 15.0 Å². The third kappa shape index (κ3) is 4.57. The number of nitrogens with one attached hydrogen (secondary N) is 1. The molecule has 1 saturated carbocycles. The van der Waals surface area contributed by atoms with Crippen LogP contribution in [0.1, 0.15) is 65.3 Å². The average Bonchev–Trinajstić information content (AvgIpc) is 3.00. The molecule has 1 aliphatic carbocycles. The largest absolute Gasteiger partial charge is 0.390 e. The van der Waals surface area contributed by atoms with Crippen LogP contribution in [0.2, 0.25) is 0 Å². The number of pyridine rings is 1. The van der Waals surface area contributed by atoms with Crippen molar-refractivity contribution in [3.05, 3.63) is 94.8 Å². The molecule has 2 aliphatic rings. The number of rotatable bonds is 5. The molecule has 0 bridgehead atoms. The van der Waals surface area contributed by atoms with Crippen molar-refractivity contribution in [1.82, 2.24) is 4.98 Å². The third-order valence-corrected chi connectivity index (χ3v) is 8.28. The Labute approximate surface area is 212 Å². The van der Waals surface area contributed by atoms with E-state index in [1.165, 1.54) is 5.56 Å². The lowest BCUT2D eigenvalue weighted by Gasteiger charge is -2.51. The van der Waals surface area contributed by atoms with Crippen LogP contribution >= 0.6 is 0 Å². The van der Waals surface area contributed by atoms with Gasteiger partial charge < -0.3 is 20.3 Å². The number of nitrogens with zero attached hydrogens (tertiary/aromatic N) is 1. The van der Waals surface area contributed by atoms with Gasteiger partial charge in [-0.15, -0.1) is 0 Å². The SMILES string of the molecule is CC[C@@]1(O)CC[C@@]2(Cc3ccccc3)c3ccc(C(=O)Nc4cccnc4C)cc3COC(O)[C@H]2C1. The Balaban J connectivity index is 1.55. The number of carbonyl (C=O) groups excluding carboxylic acids is 1. The topological polar surface area (TPSA) is 91.7 Å². The van der Waals surface area contributed by atoms with Gasteiger partial charge in [0.2, 0.25) is 0 Å². The van der Waals surface area contributed by atoms with E-state index in [0.29, 0.717) is 30.5 Å². The smallest absolute Gasteiger partial charge is 0.255 e. The second kappa shape index (κ2) is 9.77. The highest BCUT2D eigenvalue weighted by Gasteiger charge is 2.53. The third-order valence-electron chi connectivity index (χ3n) is 8.28. The Kier molecular flexibility index (Phi) is 6.68. The second-order valence-corrected chi connectivity index (χ2v) is 10.4. The lowest BCUT2D eigenvalue weighted by Crippen LogP contribution is -2.52. The summed E-state index contributed by atoms with van der Waals surface area (Å²) in [5.41, 5.74) is 3.91. The van der Waals surface area contributed by atoms with E-state index in [0.717, 1.165) is 29.7 Å². The minimum atomic E-state index is -1.00. The molecule has 1 fully saturated rings. The zero-order valence-electron chi connectivity index (χ0n) is 20.9. The zero-order valence-corrected chi connectivity index (χ0v) is 20.9. The Morgan fingerprint density at radius 1 is 1.14 bits per heavy atom. The number of fused-ring (bicyclic) bond motifs is 3. The molecule has 0 saturated heterocycles. The summed E-state index contributed by atoms with van der Waals surface area (Å²) in [5, 5.41) is 25.4. The van der Waals surface area contributed by atoms with Gasteiger partial charge >= 0.3 is 0 Å². The molecule has 2 heterocycles. The first-order valence-corrected chi connectivity index (χ1v) is 12.8. The quantitative estimate of drug-likeness (QED) is 0.477. The van der Waals surface area contributed by atoms with Crippen LogP contribution in [-0.2, 0) is 23.2 Å². The molecule has 6 nitrogen and oxygen atoms in total. The number of aromatic nitrogens is 1. The summed E-state index contributed by atoms with van der Waals surface area (Å²) < 4.78 is 5.97. The maximum Gasteiger partial charge on any atom is 0.255 e. The van der Waals surface area contributed by atoms with Crippen LogP contribution in [-0.4, -0.2) is 33.0 Å². The number of hydrogen-bond acceptors (Lipinski definition) is 5. The zero-order chi connectivity index (χ0) is 25.3. The first-order chi connectivity index (χ1) is 17.3. The van der Waals surface area contributed by atoms with E-state index in [1.54, 1.807) is 12.3 Å². The molecule has 4 atom stereocenters. The molecule has 1 aliphatic heterocycles. The van der Waals surface area contributed by atoms with Crippen LogP contribution in [0.25, 0.3) is 0 Å². The van der Waals surface area contributed by atoms with Crippen molar-refractivity contribution in [3.8, 4) is 0 Å². The molecule has 1 aromatic heterocycles. The highest BCUT2D eigenvalue weighted by atomic mass is 16.6. The maximum absolute atomic E-state index is 13.1. The molecule has 3 N–H and O–H groups in total. The minimum absolute atomic E-state index is 0.209. The van der Waals surface area contributed by atoms with Gasteiger partial charge in [0.1, 0.15) is 0 Å². The van der Waals surface area contributed by atoms with E-state index in [1.807, 2.05) is 56.3 Å². The molecule has 36 heavy (non-hydrogen) atoms. The molecule has 2 aromatic carbocycles. The molecule has 0 radical (unpaired) electrons. The van der Waals surface area contributed by atoms with Gasteiger partial charge in [-0.05, 0) is 80.0 Å². The number of aliphatic hydroxyl groups is 2. The predicted octanol–water partition coefficient (Wildman–Crippen LogP) is 4.91. The normalized spacial score (nSPS) is 27.4. The van der Waals surface area contributed by atoms with Crippen molar-refractivity contribution in [2.24, 2.45) is 5.92 Å². The second-order valence-electron chi connectivity index (χ2n) is 10.4. The first kappa shape index (κ1) is 24.6. The van der Waals surface area contributed by atoms with Gasteiger partial charge in [-0.1, -0.05) is 43.3 Å². The van der Waals surface area contributed by atoms with Gasteiger partial charge in [0.05, 0.1) is 23.6 Å². The van der Waals surface area contributed by atoms with Gasteiger partial charge in [-0.25, -0.2) is 0 Å². The predicted molar refractivity (Wildman–Crippen MR) is 139 cm³/mol. The Morgan fingerprint density at radius 3 is 2.69 bits per heavy atom. The van der Waals surface area contributed by atoms with Crippen LogP contribution in [0.3, 0.4) is 0 Å². The van der Waals surface area contributed by atoms with Crippen molar-refractivity contribution in [1.29, 1.82) is 0 Å². The fourth-order valence-corrected chi connectivity index (χ4v) is 6.09. The van der Waals surface area contributed by atoms with E-state index in [2.05, 4.69) is 22.4 Å². The minimum Gasteiger partial charge on any atom is -0.390 e. The van der Waals surface area contributed by atoms with Gasteiger partial charge in [-0.2, -0.15) is 0 Å². The molecule has 5 rings (SSSR count). The van der Waals surface area contributed by atoms with Crippen molar-refractivity contribution in [3.63, 3.8) is 0 Å². The fraction of sp³-hybridized carbons (Fsp3) is 0.400. The molecular weight excluding hydrogens is 452 g/mol. The molecule has 0 spiro atoms. The highest BCUT2D eigenvalue weighted by molar-refractivity contribution is 6.04. The van der Waals surface area contributed by atoms with E-state index >= 15 is 0 Å². The van der Waals surface area contributed by atoms with Crippen LogP contribution in [0.15, 0.2) is 66.9 Å². The first-order valence-electron chi connectivity index (χ1n) is 12.8. The summed E-state index contributed by atoms with van der Waals surface area (Å²) in [7, 11) is 0. The van der Waals surface area contributed by atoms with E-state index in [-0.39, 0.29) is 18.4 Å². The monoisotopic (exact) mass is 486 g/mol. The summed E-state index contributed by atoms with van der Waals surface area (Å²) >= 11 is 0. The van der Waals surface area contributed by atoms with Gasteiger partial charge in [0.25, 0.3) is 5.91 Å². The Morgan fingerprint density at radius 2 is 1.94 bits per heavy atom.